The van der Waals surface area contributed by atoms with Crippen LogP contribution >= 0.6 is 23.1 Å². The Morgan fingerprint density at radius 2 is 2.03 bits per heavy atom. The number of fused-ring (bicyclic) bond motifs is 1. The van der Waals surface area contributed by atoms with Crippen molar-refractivity contribution < 1.29 is 14.0 Å². The highest BCUT2D eigenvalue weighted by Crippen LogP contribution is 2.25. The van der Waals surface area contributed by atoms with E-state index in [0.29, 0.717) is 47.0 Å². The number of nitrogens with two attached hydrogens (primary N) is 1. The maximum Gasteiger partial charge on any atom is 0.276 e. The van der Waals surface area contributed by atoms with Gasteiger partial charge in [-0.25, -0.2) is 9.37 Å². The number of piperidine rings is 1. The molecule has 2 aromatic heterocycles. The molecular formula is C20H19FN4O3S2. The molecule has 30 heavy (non-hydrogen) atoms. The van der Waals surface area contributed by atoms with Gasteiger partial charge < -0.3 is 10.6 Å². The highest BCUT2D eigenvalue weighted by atomic mass is 32.2. The first-order valence-electron chi connectivity index (χ1n) is 9.40. The summed E-state index contributed by atoms with van der Waals surface area (Å²) in [4.78, 5) is 43.2. The van der Waals surface area contributed by atoms with Crippen molar-refractivity contribution in [2.75, 3.05) is 18.8 Å². The second-order valence-corrected chi connectivity index (χ2v) is 8.85. The van der Waals surface area contributed by atoms with Gasteiger partial charge in [-0.05, 0) is 42.5 Å². The summed E-state index contributed by atoms with van der Waals surface area (Å²) in [6.45, 7) is 0.946. The summed E-state index contributed by atoms with van der Waals surface area (Å²) in [5.74, 6) is -1.01. The Balaban J connectivity index is 1.58. The number of hydrogen-bond acceptors (Lipinski definition) is 6. The molecule has 10 heteroatoms. The van der Waals surface area contributed by atoms with Gasteiger partial charge in [0.05, 0.1) is 17.0 Å². The van der Waals surface area contributed by atoms with Crippen LogP contribution in [-0.4, -0.2) is 45.1 Å². The molecule has 3 aromatic rings. The first-order valence-corrected chi connectivity index (χ1v) is 11.3. The Hall–Kier alpha value is -2.72. The summed E-state index contributed by atoms with van der Waals surface area (Å²) in [7, 11) is 0. The lowest BCUT2D eigenvalue weighted by molar-refractivity contribution is -0.132. The van der Waals surface area contributed by atoms with E-state index >= 15 is 0 Å². The van der Waals surface area contributed by atoms with E-state index in [4.69, 9.17) is 5.73 Å². The lowest BCUT2D eigenvalue weighted by Crippen LogP contribution is -2.42. The minimum Gasteiger partial charge on any atom is -0.369 e. The predicted octanol–water partition coefficient (Wildman–Crippen LogP) is 2.40. The maximum atomic E-state index is 13.8. The third-order valence-corrected chi connectivity index (χ3v) is 6.91. The number of carbonyl (C=O) groups is 2. The Morgan fingerprint density at radius 3 is 2.73 bits per heavy atom. The number of halogens is 1. The number of benzene rings is 1. The third-order valence-electron chi connectivity index (χ3n) is 5.09. The fourth-order valence-electron chi connectivity index (χ4n) is 3.46. The molecule has 1 fully saturated rings. The number of nitrogens with zero attached hydrogens (tertiary/aromatic N) is 3. The van der Waals surface area contributed by atoms with E-state index < -0.39 is 5.82 Å². The van der Waals surface area contributed by atoms with E-state index in [-0.39, 0.29) is 29.0 Å². The van der Waals surface area contributed by atoms with E-state index in [1.54, 1.807) is 22.4 Å². The van der Waals surface area contributed by atoms with Crippen molar-refractivity contribution in [2.45, 2.75) is 18.0 Å². The zero-order valence-electron chi connectivity index (χ0n) is 15.9. The molecular weight excluding hydrogens is 427 g/mol. The Labute approximate surface area is 179 Å². The first kappa shape index (κ1) is 20.5. The number of thiophene rings is 1. The van der Waals surface area contributed by atoms with Gasteiger partial charge in [0.2, 0.25) is 11.8 Å². The molecule has 0 atom stereocenters. The molecule has 1 aliphatic rings. The van der Waals surface area contributed by atoms with Crippen molar-refractivity contribution in [3.05, 3.63) is 51.9 Å². The Kier molecular flexibility index (Phi) is 5.87. The van der Waals surface area contributed by atoms with Crippen LogP contribution in [0.1, 0.15) is 12.8 Å². The minimum atomic E-state index is -0.463. The van der Waals surface area contributed by atoms with Gasteiger partial charge in [0.25, 0.3) is 5.56 Å². The van der Waals surface area contributed by atoms with Crippen LogP contribution in [0.15, 0.2) is 45.7 Å². The molecule has 7 nitrogen and oxygen atoms in total. The van der Waals surface area contributed by atoms with E-state index in [9.17, 15) is 18.8 Å². The van der Waals surface area contributed by atoms with Crippen molar-refractivity contribution in [1.82, 2.24) is 14.5 Å². The van der Waals surface area contributed by atoms with Crippen molar-refractivity contribution in [3.8, 4) is 5.69 Å². The lowest BCUT2D eigenvalue weighted by Gasteiger charge is -2.30. The van der Waals surface area contributed by atoms with Gasteiger partial charge >= 0.3 is 0 Å². The lowest BCUT2D eigenvalue weighted by atomic mass is 9.96. The molecule has 0 saturated carbocycles. The Morgan fingerprint density at radius 1 is 1.27 bits per heavy atom. The van der Waals surface area contributed by atoms with Crippen LogP contribution in [0.3, 0.4) is 0 Å². The predicted molar refractivity (Wildman–Crippen MR) is 114 cm³/mol. The number of rotatable bonds is 5. The fraction of sp³-hybridized carbons (Fsp3) is 0.300. The van der Waals surface area contributed by atoms with Crippen LogP contribution in [-0.2, 0) is 9.59 Å². The number of carbonyl (C=O) groups excluding carboxylic acids is 2. The second-order valence-electron chi connectivity index (χ2n) is 7.00. The molecule has 4 rings (SSSR count). The molecule has 0 bridgehead atoms. The summed E-state index contributed by atoms with van der Waals surface area (Å²) in [5, 5.41) is 2.11. The average molecular weight is 447 g/mol. The topological polar surface area (TPSA) is 98.3 Å². The summed E-state index contributed by atoms with van der Waals surface area (Å²) in [6, 6.07) is 7.47. The van der Waals surface area contributed by atoms with Gasteiger partial charge in [0.15, 0.2) is 5.16 Å². The molecule has 0 radical (unpaired) electrons. The third kappa shape index (κ3) is 4.10. The summed E-state index contributed by atoms with van der Waals surface area (Å²) in [6.07, 6.45) is 1.11. The largest absolute Gasteiger partial charge is 0.369 e. The van der Waals surface area contributed by atoms with E-state index in [1.165, 1.54) is 34.1 Å². The van der Waals surface area contributed by atoms with Gasteiger partial charge in [-0.2, -0.15) is 0 Å². The van der Waals surface area contributed by atoms with Gasteiger partial charge in [-0.1, -0.05) is 17.8 Å². The zero-order valence-corrected chi connectivity index (χ0v) is 17.5. The van der Waals surface area contributed by atoms with Crippen LogP contribution in [0.25, 0.3) is 15.9 Å². The summed E-state index contributed by atoms with van der Waals surface area (Å²) < 4.78 is 15.6. The quantitative estimate of drug-likeness (QED) is 0.479. The summed E-state index contributed by atoms with van der Waals surface area (Å²) in [5.41, 5.74) is 5.96. The smallest absolute Gasteiger partial charge is 0.276 e. The molecule has 0 aliphatic carbocycles. The molecule has 0 spiro atoms. The SMILES string of the molecule is NC(=O)C1CCN(C(=O)CSc2nc3ccsc3c(=O)n2-c2cccc(F)c2)CC1. The fourth-order valence-corrected chi connectivity index (χ4v) is 5.14. The van der Waals surface area contributed by atoms with E-state index in [2.05, 4.69) is 4.98 Å². The van der Waals surface area contributed by atoms with Crippen LogP contribution in [0.2, 0.25) is 0 Å². The molecule has 1 aromatic carbocycles. The molecule has 156 valence electrons. The minimum absolute atomic E-state index is 0.0820. The van der Waals surface area contributed by atoms with Crippen LogP contribution < -0.4 is 11.3 Å². The number of aromatic nitrogens is 2. The number of likely N-dealkylation sites (tertiary alicyclic amines) is 1. The van der Waals surface area contributed by atoms with Gasteiger partial charge in [0, 0.05) is 19.0 Å². The number of primary amides is 1. The van der Waals surface area contributed by atoms with Crippen molar-refractivity contribution in [3.63, 3.8) is 0 Å². The molecule has 1 saturated heterocycles. The molecule has 3 heterocycles. The molecule has 0 unspecified atom stereocenters. The molecule has 2 amide bonds. The van der Waals surface area contributed by atoms with Crippen LogP contribution in [0, 0.1) is 11.7 Å². The monoisotopic (exact) mass is 446 g/mol. The van der Waals surface area contributed by atoms with E-state index in [1.807, 2.05) is 0 Å². The van der Waals surface area contributed by atoms with Crippen molar-refractivity contribution in [1.29, 1.82) is 0 Å². The van der Waals surface area contributed by atoms with Gasteiger partial charge in [0.1, 0.15) is 10.5 Å². The highest BCUT2D eigenvalue weighted by Gasteiger charge is 2.26. The van der Waals surface area contributed by atoms with Gasteiger partial charge in [-0.3, -0.25) is 19.0 Å². The van der Waals surface area contributed by atoms with Crippen LogP contribution in [0.4, 0.5) is 4.39 Å². The standard InChI is InChI=1S/C20H19FN4O3S2/c21-13-2-1-3-14(10-13)25-19(28)17-15(6-9-29-17)23-20(25)30-11-16(26)24-7-4-12(5-8-24)18(22)27/h1-3,6,9-10,12H,4-5,7-8,11H2,(H2,22,27). The number of amides is 2. The maximum absolute atomic E-state index is 13.8. The molecule has 2 N–H and O–H groups in total. The Bertz CT molecular complexity index is 1170. The average Bonchev–Trinajstić information content (AvgIpc) is 3.21. The number of hydrogen-bond donors (Lipinski definition) is 1. The normalized spacial score (nSPS) is 14.9. The number of thioether (sulfide) groups is 1. The highest BCUT2D eigenvalue weighted by molar-refractivity contribution is 7.99. The van der Waals surface area contributed by atoms with Gasteiger partial charge in [-0.15, -0.1) is 11.3 Å². The van der Waals surface area contributed by atoms with E-state index in [0.717, 1.165) is 11.8 Å². The zero-order chi connectivity index (χ0) is 21.3. The van der Waals surface area contributed by atoms with Crippen LogP contribution in [0.5, 0.6) is 0 Å². The van der Waals surface area contributed by atoms with Crippen molar-refractivity contribution in [2.24, 2.45) is 11.7 Å². The second kappa shape index (κ2) is 8.57. The molecule has 1 aliphatic heterocycles. The summed E-state index contributed by atoms with van der Waals surface area (Å²) >= 11 is 2.41. The first-order chi connectivity index (χ1) is 14.4. The van der Waals surface area contributed by atoms with Crippen molar-refractivity contribution >= 4 is 45.1 Å².